The van der Waals surface area contributed by atoms with Crippen molar-refractivity contribution >= 4 is 11.9 Å². The van der Waals surface area contributed by atoms with Crippen LogP contribution >= 0.6 is 0 Å². The van der Waals surface area contributed by atoms with E-state index in [2.05, 4.69) is 15.5 Å². The van der Waals surface area contributed by atoms with E-state index in [-0.39, 0.29) is 23.8 Å². The third-order valence-corrected chi connectivity index (χ3v) is 4.30. The van der Waals surface area contributed by atoms with Crippen LogP contribution in [-0.4, -0.2) is 65.1 Å². The first-order chi connectivity index (χ1) is 11.1. The van der Waals surface area contributed by atoms with Crippen molar-refractivity contribution in [1.82, 2.24) is 25.3 Å². The summed E-state index contributed by atoms with van der Waals surface area (Å²) in [5, 5.41) is 6.74. The highest BCUT2D eigenvalue weighted by atomic mass is 16.5. The lowest BCUT2D eigenvalue weighted by atomic mass is 10.0. The summed E-state index contributed by atoms with van der Waals surface area (Å²) in [5.41, 5.74) is 0. The second-order valence-corrected chi connectivity index (χ2v) is 6.27. The Bertz CT molecular complexity index is 577. The van der Waals surface area contributed by atoms with E-state index in [0.717, 1.165) is 12.8 Å². The molecule has 0 aromatic carbocycles. The number of carbonyl (C=O) groups is 2. The third kappa shape index (κ3) is 3.62. The van der Waals surface area contributed by atoms with Gasteiger partial charge in [-0.3, -0.25) is 4.79 Å². The van der Waals surface area contributed by atoms with Gasteiger partial charge in [0.2, 0.25) is 11.8 Å². The molecule has 8 heteroatoms. The molecule has 1 N–H and O–H groups in total. The summed E-state index contributed by atoms with van der Waals surface area (Å²) in [6.45, 7) is 4.33. The van der Waals surface area contributed by atoms with Crippen molar-refractivity contribution in [3.8, 4) is 0 Å². The van der Waals surface area contributed by atoms with Gasteiger partial charge in [0, 0.05) is 45.6 Å². The molecule has 0 spiro atoms. The Labute approximate surface area is 135 Å². The second kappa shape index (κ2) is 6.55. The van der Waals surface area contributed by atoms with Crippen molar-refractivity contribution in [2.45, 2.75) is 32.1 Å². The van der Waals surface area contributed by atoms with E-state index in [0.29, 0.717) is 44.3 Å². The average molecular weight is 321 g/mol. The summed E-state index contributed by atoms with van der Waals surface area (Å²) in [6, 6.07) is -0.0521. The van der Waals surface area contributed by atoms with Gasteiger partial charge in [0.25, 0.3) is 0 Å². The van der Waals surface area contributed by atoms with Crippen LogP contribution in [0, 0.1) is 5.92 Å². The number of likely N-dealkylation sites (N-methyl/N-ethyl adjacent to an activating group) is 1. The van der Waals surface area contributed by atoms with E-state index < -0.39 is 0 Å². The van der Waals surface area contributed by atoms with E-state index in [9.17, 15) is 9.59 Å². The summed E-state index contributed by atoms with van der Waals surface area (Å²) in [4.78, 5) is 31.3. The molecule has 2 fully saturated rings. The molecular formula is C15H23N5O3. The number of likely N-dealkylation sites (tertiary alicyclic amines) is 1. The van der Waals surface area contributed by atoms with E-state index in [1.807, 2.05) is 14.0 Å². The topological polar surface area (TPSA) is 91.6 Å². The first kappa shape index (κ1) is 15.8. The normalized spacial score (nSPS) is 17.7. The first-order valence-electron chi connectivity index (χ1n) is 8.18. The van der Waals surface area contributed by atoms with Crippen LogP contribution in [0.1, 0.15) is 37.4 Å². The van der Waals surface area contributed by atoms with Crippen LogP contribution < -0.4 is 5.32 Å². The summed E-state index contributed by atoms with van der Waals surface area (Å²) < 4.78 is 5.29. The first-order valence-corrected chi connectivity index (χ1v) is 8.18. The van der Waals surface area contributed by atoms with Crippen molar-refractivity contribution in [3.05, 3.63) is 11.7 Å². The lowest BCUT2D eigenvalue weighted by Gasteiger charge is -2.36. The number of rotatable bonds is 6. The number of aromatic nitrogens is 2. The quantitative estimate of drug-likeness (QED) is 0.829. The molecule has 0 bridgehead atoms. The number of amides is 3. The fourth-order valence-electron chi connectivity index (χ4n) is 2.62. The maximum atomic E-state index is 11.9. The minimum absolute atomic E-state index is 0.0521. The van der Waals surface area contributed by atoms with Gasteiger partial charge >= 0.3 is 6.03 Å². The van der Waals surface area contributed by atoms with Crippen LogP contribution in [0.3, 0.4) is 0 Å². The fraction of sp³-hybridized carbons (Fsp3) is 0.733. The number of nitrogens with one attached hydrogen (secondary N) is 1. The van der Waals surface area contributed by atoms with E-state index in [1.54, 1.807) is 9.80 Å². The molecule has 1 aliphatic heterocycles. The Morgan fingerprint density at radius 1 is 1.39 bits per heavy atom. The molecule has 3 amide bonds. The Hall–Kier alpha value is -2.12. The zero-order valence-corrected chi connectivity index (χ0v) is 13.6. The molecule has 2 aliphatic rings. The number of carbonyl (C=O) groups excluding carboxylic acids is 2. The smallest absolute Gasteiger partial charge is 0.317 e. The Morgan fingerprint density at radius 3 is 2.78 bits per heavy atom. The van der Waals surface area contributed by atoms with Crippen LogP contribution in [-0.2, 0) is 11.2 Å². The van der Waals surface area contributed by atoms with Gasteiger partial charge in [-0.1, -0.05) is 5.16 Å². The molecule has 1 aliphatic carbocycles. The maximum Gasteiger partial charge on any atom is 0.317 e. The Kier molecular flexibility index (Phi) is 4.49. The predicted octanol–water partition coefficient (Wildman–Crippen LogP) is 0.609. The highest BCUT2D eigenvalue weighted by molar-refractivity contribution is 5.80. The lowest BCUT2D eigenvalue weighted by Crippen LogP contribution is -2.52. The SMILES string of the molecule is CCNC(=O)N1CC(c2nc(CCN(C)C(=O)C3CC3)no2)C1. The van der Waals surface area contributed by atoms with Gasteiger partial charge < -0.3 is 19.6 Å². The van der Waals surface area contributed by atoms with Crippen molar-refractivity contribution in [3.63, 3.8) is 0 Å². The summed E-state index contributed by atoms with van der Waals surface area (Å²) in [5.74, 6) is 1.76. The highest BCUT2D eigenvalue weighted by Crippen LogP contribution is 2.30. The molecular weight excluding hydrogens is 298 g/mol. The molecule has 126 valence electrons. The average Bonchev–Trinajstić information content (AvgIpc) is 3.23. The Balaban J connectivity index is 1.44. The van der Waals surface area contributed by atoms with Gasteiger partial charge in [0.15, 0.2) is 5.82 Å². The molecule has 1 aromatic heterocycles. The van der Waals surface area contributed by atoms with E-state index >= 15 is 0 Å². The summed E-state index contributed by atoms with van der Waals surface area (Å²) >= 11 is 0. The summed E-state index contributed by atoms with van der Waals surface area (Å²) in [7, 11) is 1.82. The van der Waals surface area contributed by atoms with Crippen molar-refractivity contribution in [1.29, 1.82) is 0 Å². The Morgan fingerprint density at radius 2 is 2.13 bits per heavy atom. The highest BCUT2D eigenvalue weighted by Gasteiger charge is 2.35. The van der Waals surface area contributed by atoms with Gasteiger partial charge in [-0.05, 0) is 19.8 Å². The molecule has 0 radical (unpaired) electrons. The molecule has 8 nitrogen and oxygen atoms in total. The minimum Gasteiger partial charge on any atom is -0.345 e. The molecule has 1 aromatic rings. The minimum atomic E-state index is -0.0521. The number of hydrogen-bond acceptors (Lipinski definition) is 5. The molecule has 23 heavy (non-hydrogen) atoms. The van der Waals surface area contributed by atoms with E-state index in [4.69, 9.17) is 4.52 Å². The second-order valence-electron chi connectivity index (χ2n) is 6.27. The molecule has 2 heterocycles. The van der Waals surface area contributed by atoms with Crippen LogP contribution in [0.15, 0.2) is 4.52 Å². The van der Waals surface area contributed by atoms with Crippen LogP contribution in [0.2, 0.25) is 0 Å². The third-order valence-electron chi connectivity index (χ3n) is 4.30. The molecule has 0 unspecified atom stereocenters. The van der Waals surface area contributed by atoms with Gasteiger partial charge in [-0.15, -0.1) is 0 Å². The molecule has 0 atom stereocenters. The zero-order chi connectivity index (χ0) is 16.4. The van der Waals surface area contributed by atoms with Crippen molar-refractivity contribution < 1.29 is 14.1 Å². The van der Waals surface area contributed by atoms with Crippen LogP contribution in [0.5, 0.6) is 0 Å². The van der Waals surface area contributed by atoms with Crippen LogP contribution in [0.25, 0.3) is 0 Å². The van der Waals surface area contributed by atoms with Gasteiger partial charge in [-0.2, -0.15) is 4.98 Å². The fourth-order valence-corrected chi connectivity index (χ4v) is 2.62. The molecule has 1 saturated carbocycles. The van der Waals surface area contributed by atoms with Crippen LogP contribution in [0.4, 0.5) is 4.79 Å². The molecule has 3 rings (SSSR count). The van der Waals surface area contributed by atoms with Gasteiger partial charge in [-0.25, -0.2) is 4.79 Å². The zero-order valence-electron chi connectivity index (χ0n) is 13.6. The predicted molar refractivity (Wildman–Crippen MR) is 81.7 cm³/mol. The summed E-state index contributed by atoms with van der Waals surface area (Å²) in [6.07, 6.45) is 2.61. The van der Waals surface area contributed by atoms with E-state index in [1.165, 1.54) is 0 Å². The number of nitrogens with zero attached hydrogens (tertiary/aromatic N) is 4. The largest absolute Gasteiger partial charge is 0.345 e. The monoisotopic (exact) mass is 321 g/mol. The maximum absolute atomic E-state index is 11.9. The van der Waals surface area contributed by atoms with Crippen molar-refractivity contribution in [2.75, 3.05) is 33.2 Å². The van der Waals surface area contributed by atoms with Gasteiger partial charge in [0.1, 0.15) is 0 Å². The van der Waals surface area contributed by atoms with Crippen molar-refractivity contribution in [2.24, 2.45) is 5.92 Å². The molecule has 1 saturated heterocycles. The standard InChI is InChI=1S/C15H23N5O3/c1-3-16-15(22)20-8-11(9-20)13-17-12(18-23-13)6-7-19(2)14(21)10-4-5-10/h10-11H,3-9H2,1-2H3,(H,16,22). The van der Waals surface area contributed by atoms with Gasteiger partial charge in [0.05, 0.1) is 5.92 Å². The number of urea groups is 1. The number of hydrogen-bond donors (Lipinski definition) is 1. The lowest BCUT2D eigenvalue weighted by molar-refractivity contribution is -0.131.